The molecule has 0 spiro atoms. The number of carbonyl (C=O) groups excluding carboxylic acids is 1. The molecule has 2 aromatic rings. The first kappa shape index (κ1) is 14.3. The topological polar surface area (TPSA) is 59.4 Å². The molecule has 2 aliphatic heterocycles. The molecule has 120 valence electrons. The van der Waals surface area contributed by atoms with E-state index in [-0.39, 0.29) is 12.1 Å². The van der Waals surface area contributed by atoms with Crippen molar-refractivity contribution in [3.8, 4) is 0 Å². The first-order chi connectivity index (χ1) is 11.3. The highest BCUT2D eigenvalue weighted by Crippen LogP contribution is 2.27. The number of nitrogens with zero attached hydrogens (tertiary/aromatic N) is 3. The Labute approximate surface area is 135 Å². The van der Waals surface area contributed by atoms with Crippen LogP contribution in [0.3, 0.4) is 0 Å². The Morgan fingerprint density at radius 2 is 2.39 bits per heavy atom. The highest BCUT2D eigenvalue weighted by atomic mass is 16.5. The average Bonchev–Trinajstić information content (AvgIpc) is 3.18. The minimum Gasteiger partial charge on any atom is -0.376 e. The van der Waals surface area contributed by atoms with E-state index in [1.807, 2.05) is 39.9 Å². The molecule has 1 aromatic carbocycles. The normalized spacial score (nSPS) is 23.0. The average molecular weight is 312 g/mol. The van der Waals surface area contributed by atoms with Crippen molar-refractivity contribution in [1.82, 2.24) is 14.5 Å². The fourth-order valence-electron chi connectivity index (χ4n) is 3.37. The van der Waals surface area contributed by atoms with Crippen molar-refractivity contribution in [3.63, 3.8) is 0 Å². The molecule has 0 saturated carbocycles. The van der Waals surface area contributed by atoms with Crippen molar-refractivity contribution in [1.29, 1.82) is 0 Å². The first-order valence-electron chi connectivity index (χ1n) is 8.02. The number of aromatic nitrogens is 2. The van der Waals surface area contributed by atoms with Gasteiger partial charge in [-0.25, -0.2) is 9.78 Å². The van der Waals surface area contributed by atoms with E-state index >= 15 is 0 Å². The predicted molar refractivity (Wildman–Crippen MR) is 86.3 cm³/mol. The molecule has 0 radical (unpaired) electrons. The third kappa shape index (κ3) is 3.07. The van der Waals surface area contributed by atoms with Gasteiger partial charge in [-0.15, -0.1) is 0 Å². The molecule has 2 aliphatic rings. The molecule has 2 amide bonds. The molecular formula is C17H20N4O2. The van der Waals surface area contributed by atoms with E-state index in [4.69, 9.17) is 4.74 Å². The number of fused-ring (bicyclic) bond motifs is 2. The van der Waals surface area contributed by atoms with Crippen LogP contribution in [0, 0.1) is 0 Å². The van der Waals surface area contributed by atoms with Gasteiger partial charge in [0.25, 0.3) is 0 Å². The molecule has 0 aliphatic carbocycles. The maximum atomic E-state index is 12.5. The maximum Gasteiger partial charge on any atom is 0.322 e. The van der Waals surface area contributed by atoms with Crippen LogP contribution in [0.25, 0.3) is 0 Å². The van der Waals surface area contributed by atoms with E-state index in [2.05, 4.69) is 10.3 Å². The van der Waals surface area contributed by atoms with Gasteiger partial charge in [0.2, 0.25) is 0 Å². The van der Waals surface area contributed by atoms with Crippen LogP contribution < -0.4 is 5.32 Å². The summed E-state index contributed by atoms with van der Waals surface area (Å²) in [7, 11) is 0. The van der Waals surface area contributed by atoms with Crippen LogP contribution in [0.1, 0.15) is 18.4 Å². The standard InChI is InChI=1S/C17H20N4O2/c22-17(21-6-4-16-9-15(21)11-23-16)19-14-3-1-2-13(8-14)10-20-7-5-18-12-20/h1-3,5,7-8,12,15-16H,4,6,9-11H2,(H,19,22). The Hall–Kier alpha value is -2.34. The van der Waals surface area contributed by atoms with Gasteiger partial charge in [-0.1, -0.05) is 12.1 Å². The molecule has 2 saturated heterocycles. The number of nitrogens with one attached hydrogen (secondary N) is 1. The molecule has 2 unspecified atom stereocenters. The minimum atomic E-state index is -0.0290. The van der Waals surface area contributed by atoms with Gasteiger partial charge in [0.1, 0.15) is 0 Å². The second kappa shape index (κ2) is 6.04. The second-order valence-electron chi connectivity index (χ2n) is 6.19. The molecule has 3 heterocycles. The zero-order valence-electron chi connectivity index (χ0n) is 12.9. The number of anilines is 1. The van der Waals surface area contributed by atoms with Crippen molar-refractivity contribution < 1.29 is 9.53 Å². The van der Waals surface area contributed by atoms with Gasteiger partial charge < -0.3 is 19.5 Å². The van der Waals surface area contributed by atoms with E-state index in [0.717, 1.165) is 37.2 Å². The summed E-state index contributed by atoms with van der Waals surface area (Å²) in [6.45, 7) is 2.18. The van der Waals surface area contributed by atoms with Crippen molar-refractivity contribution >= 4 is 11.7 Å². The fourth-order valence-corrected chi connectivity index (χ4v) is 3.37. The lowest BCUT2D eigenvalue weighted by Gasteiger charge is -2.31. The number of benzene rings is 1. The lowest BCUT2D eigenvalue weighted by atomic mass is 10.0. The number of hydrogen-bond donors (Lipinski definition) is 1. The zero-order chi connectivity index (χ0) is 15.6. The quantitative estimate of drug-likeness (QED) is 0.946. The number of imidazole rings is 1. The van der Waals surface area contributed by atoms with E-state index in [1.165, 1.54) is 0 Å². The number of ether oxygens (including phenoxy) is 1. The van der Waals surface area contributed by atoms with Crippen molar-refractivity contribution in [2.45, 2.75) is 31.5 Å². The highest BCUT2D eigenvalue weighted by molar-refractivity contribution is 5.89. The third-order valence-corrected chi connectivity index (χ3v) is 4.56. The van der Waals surface area contributed by atoms with Crippen molar-refractivity contribution in [2.24, 2.45) is 0 Å². The summed E-state index contributed by atoms with van der Waals surface area (Å²) in [5.74, 6) is 0. The van der Waals surface area contributed by atoms with Gasteiger partial charge in [-0.2, -0.15) is 0 Å². The molecule has 1 aromatic heterocycles. The Morgan fingerprint density at radius 1 is 1.43 bits per heavy atom. The molecule has 2 atom stereocenters. The van der Waals surface area contributed by atoms with Gasteiger partial charge >= 0.3 is 6.03 Å². The first-order valence-corrected chi connectivity index (χ1v) is 8.02. The molecule has 2 bridgehead atoms. The monoisotopic (exact) mass is 312 g/mol. The number of likely N-dealkylation sites (tertiary alicyclic amines) is 1. The molecule has 1 N–H and O–H groups in total. The van der Waals surface area contributed by atoms with Crippen LogP contribution in [0.5, 0.6) is 0 Å². The van der Waals surface area contributed by atoms with E-state index < -0.39 is 0 Å². The predicted octanol–water partition coefficient (Wildman–Crippen LogP) is 2.33. The smallest absolute Gasteiger partial charge is 0.322 e. The number of urea groups is 1. The highest BCUT2D eigenvalue weighted by Gasteiger charge is 2.37. The van der Waals surface area contributed by atoms with E-state index in [1.54, 1.807) is 12.5 Å². The van der Waals surface area contributed by atoms with Gasteiger partial charge in [0, 0.05) is 31.2 Å². The number of hydrogen-bond acceptors (Lipinski definition) is 3. The van der Waals surface area contributed by atoms with Gasteiger partial charge in [0.15, 0.2) is 0 Å². The van der Waals surface area contributed by atoms with E-state index in [9.17, 15) is 4.79 Å². The molecule has 2 fully saturated rings. The zero-order valence-corrected chi connectivity index (χ0v) is 12.9. The largest absolute Gasteiger partial charge is 0.376 e. The van der Waals surface area contributed by atoms with Crippen LogP contribution in [-0.4, -0.2) is 45.8 Å². The molecule has 23 heavy (non-hydrogen) atoms. The van der Waals surface area contributed by atoms with Crippen LogP contribution in [0.2, 0.25) is 0 Å². The number of piperidine rings is 1. The fraction of sp³-hybridized carbons (Fsp3) is 0.412. The molecular weight excluding hydrogens is 292 g/mol. The van der Waals surface area contributed by atoms with Crippen LogP contribution in [-0.2, 0) is 11.3 Å². The Morgan fingerprint density at radius 3 is 3.26 bits per heavy atom. The van der Waals surface area contributed by atoms with Crippen LogP contribution >= 0.6 is 0 Å². The summed E-state index contributed by atoms with van der Waals surface area (Å²) in [4.78, 5) is 18.5. The Bertz CT molecular complexity index is 686. The summed E-state index contributed by atoms with van der Waals surface area (Å²) in [5.41, 5.74) is 1.96. The summed E-state index contributed by atoms with van der Waals surface area (Å²) in [6, 6.07) is 8.14. The van der Waals surface area contributed by atoms with Gasteiger partial charge in [0.05, 0.1) is 25.1 Å². The number of amides is 2. The third-order valence-electron chi connectivity index (χ3n) is 4.56. The lowest BCUT2D eigenvalue weighted by Crippen LogP contribution is -2.46. The summed E-state index contributed by atoms with van der Waals surface area (Å²) < 4.78 is 7.66. The van der Waals surface area contributed by atoms with Crippen molar-refractivity contribution in [3.05, 3.63) is 48.5 Å². The summed E-state index contributed by atoms with van der Waals surface area (Å²) in [5, 5.41) is 3.02. The van der Waals surface area contributed by atoms with E-state index in [0.29, 0.717) is 12.7 Å². The molecule has 6 nitrogen and oxygen atoms in total. The second-order valence-corrected chi connectivity index (χ2v) is 6.19. The SMILES string of the molecule is O=C(Nc1cccc(Cn2ccnc2)c1)N1CCC2CC1CO2. The van der Waals surface area contributed by atoms with Crippen LogP contribution in [0.4, 0.5) is 10.5 Å². The summed E-state index contributed by atoms with van der Waals surface area (Å²) in [6.07, 6.45) is 7.73. The lowest BCUT2D eigenvalue weighted by molar-refractivity contribution is 0.109. The van der Waals surface area contributed by atoms with Gasteiger partial charge in [-0.05, 0) is 30.5 Å². The number of carbonyl (C=O) groups is 1. The molecule has 6 heteroatoms. The molecule has 4 rings (SSSR count). The maximum absolute atomic E-state index is 12.5. The Kier molecular flexibility index (Phi) is 3.75. The number of rotatable bonds is 3. The van der Waals surface area contributed by atoms with Crippen LogP contribution in [0.15, 0.2) is 43.0 Å². The van der Waals surface area contributed by atoms with Crippen molar-refractivity contribution in [2.75, 3.05) is 18.5 Å². The van der Waals surface area contributed by atoms with Gasteiger partial charge in [-0.3, -0.25) is 0 Å². The Balaban J connectivity index is 1.43. The summed E-state index contributed by atoms with van der Waals surface area (Å²) >= 11 is 0. The minimum absolute atomic E-state index is 0.0290.